The molecule has 1 saturated heterocycles. The van der Waals surface area contributed by atoms with Crippen molar-refractivity contribution in [2.75, 3.05) is 26.3 Å². The summed E-state index contributed by atoms with van der Waals surface area (Å²) in [5, 5.41) is 9.72. The van der Waals surface area contributed by atoms with Crippen molar-refractivity contribution in [3.63, 3.8) is 0 Å². The van der Waals surface area contributed by atoms with E-state index in [1.54, 1.807) is 6.07 Å². The fraction of sp³-hybridized carbons (Fsp3) is 0.600. The Bertz CT molecular complexity index is 498. The van der Waals surface area contributed by atoms with Gasteiger partial charge in [-0.25, -0.2) is 0 Å². The number of phenolic OH excluding ortho intramolecular Hbond substituents is 1. The molecule has 0 aromatic heterocycles. The third-order valence-electron chi connectivity index (χ3n) is 4.77. The molecule has 1 aliphatic carbocycles. The number of hydrogen-bond acceptors (Lipinski definition) is 4. The van der Waals surface area contributed by atoms with Gasteiger partial charge in [0, 0.05) is 31.0 Å². The first kappa shape index (κ1) is 11.6. The van der Waals surface area contributed by atoms with E-state index in [-0.39, 0.29) is 5.72 Å². The Balaban J connectivity index is 1.73. The van der Waals surface area contributed by atoms with Gasteiger partial charge >= 0.3 is 0 Å². The maximum absolute atomic E-state index is 9.72. The molecule has 1 N–H and O–H groups in total. The van der Waals surface area contributed by atoms with Crippen LogP contribution in [0.15, 0.2) is 18.2 Å². The number of benzene rings is 1. The highest BCUT2D eigenvalue weighted by atomic mass is 16.5. The average Bonchev–Trinajstić information content (AvgIpc) is 2.97. The number of aromatic hydroxyl groups is 1. The molecule has 3 aliphatic rings. The lowest BCUT2D eigenvalue weighted by atomic mass is 9.92. The lowest BCUT2D eigenvalue weighted by Crippen LogP contribution is -2.56. The molecule has 0 spiro atoms. The van der Waals surface area contributed by atoms with Crippen LogP contribution in [0.5, 0.6) is 11.5 Å². The highest BCUT2D eigenvalue weighted by Gasteiger charge is 2.55. The Labute approximate surface area is 112 Å². The summed E-state index contributed by atoms with van der Waals surface area (Å²) in [5.74, 6) is 1.69. The molecule has 0 amide bonds. The smallest absolute Gasteiger partial charge is 0.170 e. The van der Waals surface area contributed by atoms with E-state index in [4.69, 9.17) is 9.47 Å². The van der Waals surface area contributed by atoms with Gasteiger partial charge in [0.1, 0.15) is 11.5 Å². The lowest BCUT2D eigenvalue weighted by Gasteiger charge is -2.42. The van der Waals surface area contributed by atoms with Gasteiger partial charge in [0.15, 0.2) is 5.72 Å². The van der Waals surface area contributed by atoms with Crippen LogP contribution < -0.4 is 4.74 Å². The normalized spacial score (nSPS) is 33.8. The van der Waals surface area contributed by atoms with Crippen LogP contribution in [-0.4, -0.2) is 42.0 Å². The summed E-state index contributed by atoms with van der Waals surface area (Å²) >= 11 is 0. The predicted octanol–water partition coefficient (Wildman–Crippen LogP) is 2.08. The number of ether oxygens (including phenoxy) is 2. The fourth-order valence-corrected chi connectivity index (χ4v) is 3.96. The van der Waals surface area contributed by atoms with Crippen molar-refractivity contribution in [1.82, 2.24) is 4.90 Å². The maximum Gasteiger partial charge on any atom is 0.170 e. The molecule has 2 atom stereocenters. The zero-order valence-electron chi connectivity index (χ0n) is 11.0. The molecule has 0 unspecified atom stereocenters. The molecule has 102 valence electrons. The molecule has 2 fully saturated rings. The van der Waals surface area contributed by atoms with Crippen LogP contribution in [0.1, 0.15) is 30.7 Å². The minimum Gasteiger partial charge on any atom is -0.508 e. The van der Waals surface area contributed by atoms with Crippen molar-refractivity contribution in [2.45, 2.75) is 30.9 Å². The van der Waals surface area contributed by atoms with E-state index in [2.05, 4.69) is 4.90 Å². The molecule has 1 aromatic carbocycles. The van der Waals surface area contributed by atoms with E-state index >= 15 is 0 Å². The van der Waals surface area contributed by atoms with Crippen molar-refractivity contribution in [2.24, 2.45) is 0 Å². The monoisotopic (exact) mass is 261 g/mol. The van der Waals surface area contributed by atoms with Gasteiger partial charge in [0.25, 0.3) is 0 Å². The first-order valence-corrected chi connectivity index (χ1v) is 7.14. The Morgan fingerprint density at radius 2 is 2.11 bits per heavy atom. The van der Waals surface area contributed by atoms with Crippen LogP contribution in [0.25, 0.3) is 0 Å². The summed E-state index contributed by atoms with van der Waals surface area (Å²) in [4.78, 5) is 2.45. The molecule has 0 bridgehead atoms. The van der Waals surface area contributed by atoms with Crippen molar-refractivity contribution >= 4 is 0 Å². The third-order valence-corrected chi connectivity index (χ3v) is 4.77. The van der Waals surface area contributed by atoms with Gasteiger partial charge < -0.3 is 14.6 Å². The Kier molecular flexibility index (Phi) is 2.50. The first-order chi connectivity index (χ1) is 9.29. The Morgan fingerprint density at radius 3 is 2.95 bits per heavy atom. The van der Waals surface area contributed by atoms with Crippen LogP contribution in [-0.2, 0) is 4.74 Å². The molecule has 0 radical (unpaired) electrons. The van der Waals surface area contributed by atoms with Crippen LogP contribution in [0, 0.1) is 0 Å². The fourth-order valence-electron chi connectivity index (χ4n) is 3.96. The van der Waals surface area contributed by atoms with Crippen LogP contribution in [0.2, 0.25) is 0 Å². The number of rotatable bonds is 1. The first-order valence-electron chi connectivity index (χ1n) is 7.14. The summed E-state index contributed by atoms with van der Waals surface area (Å²) in [6.45, 7) is 3.46. The predicted molar refractivity (Wildman–Crippen MR) is 70.4 cm³/mol. The molecule has 1 saturated carbocycles. The van der Waals surface area contributed by atoms with E-state index in [1.807, 2.05) is 12.1 Å². The standard InChI is InChI=1S/C15H19NO3/c17-11-3-4-14-12(10-11)13-2-1-5-15(13,19-14)16-6-8-18-9-7-16/h3-4,10,13,17H,1-2,5-9H2/t13-,15+/m0/s1. The number of morpholine rings is 1. The molecule has 4 nitrogen and oxygen atoms in total. The van der Waals surface area contributed by atoms with Gasteiger partial charge in [-0.3, -0.25) is 4.90 Å². The highest BCUT2D eigenvalue weighted by Crippen LogP contribution is 2.55. The minimum atomic E-state index is -0.181. The van der Waals surface area contributed by atoms with E-state index in [9.17, 15) is 5.11 Å². The molecule has 4 rings (SSSR count). The SMILES string of the molecule is Oc1ccc2c(c1)[C@@H]1CCC[C@@]1(N1CCOCC1)O2. The molecule has 4 heteroatoms. The summed E-state index contributed by atoms with van der Waals surface area (Å²) < 4.78 is 11.8. The zero-order valence-corrected chi connectivity index (χ0v) is 11.0. The van der Waals surface area contributed by atoms with Gasteiger partial charge in [0.2, 0.25) is 0 Å². The molecular weight excluding hydrogens is 242 g/mol. The zero-order chi connectivity index (χ0) is 12.9. The maximum atomic E-state index is 9.72. The van der Waals surface area contributed by atoms with Crippen LogP contribution in [0.4, 0.5) is 0 Å². The number of nitrogens with zero attached hydrogens (tertiary/aromatic N) is 1. The average molecular weight is 261 g/mol. The second-order valence-electron chi connectivity index (χ2n) is 5.71. The molecule has 19 heavy (non-hydrogen) atoms. The largest absolute Gasteiger partial charge is 0.508 e. The number of phenols is 1. The minimum absolute atomic E-state index is 0.181. The van der Waals surface area contributed by atoms with Crippen molar-refractivity contribution in [1.29, 1.82) is 0 Å². The third kappa shape index (κ3) is 1.60. The van der Waals surface area contributed by atoms with Gasteiger partial charge in [-0.05, 0) is 31.0 Å². The van der Waals surface area contributed by atoms with Gasteiger partial charge in [-0.15, -0.1) is 0 Å². The van der Waals surface area contributed by atoms with Crippen LogP contribution in [0.3, 0.4) is 0 Å². The second kappa shape index (κ2) is 4.12. The Morgan fingerprint density at radius 1 is 1.26 bits per heavy atom. The molecular formula is C15H19NO3. The van der Waals surface area contributed by atoms with Gasteiger partial charge in [-0.1, -0.05) is 0 Å². The van der Waals surface area contributed by atoms with Crippen molar-refractivity contribution in [3.8, 4) is 11.5 Å². The van der Waals surface area contributed by atoms with E-state index in [0.717, 1.165) is 44.9 Å². The summed E-state index contributed by atoms with van der Waals surface area (Å²) in [6.07, 6.45) is 3.41. The summed E-state index contributed by atoms with van der Waals surface area (Å²) in [6, 6.07) is 5.51. The van der Waals surface area contributed by atoms with E-state index < -0.39 is 0 Å². The Hall–Kier alpha value is -1.26. The van der Waals surface area contributed by atoms with Crippen molar-refractivity contribution in [3.05, 3.63) is 23.8 Å². The van der Waals surface area contributed by atoms with Gasteiger partial charge in [-0.2, -0.15) is 0 Å². The quantitative estimate of drug-likeness (QED) is 0.840. The highest BCUT2D eigenvalue weighted by molar-refractivity contribution is 5.47. The molecule has 2 heterocycles. The van der Waals surface area contributed by atoms with E-state index in [1.165, 1.54) is 12.0 Å². The summed E-state index contributed by atoms with van der Waals surface area (Å²) in [7, 11) is 0. The van der Waals surface area contributed by atoms with Crippen molar-refractivity contribution < 1.29 is 14.6 Å². The van der Waals surface area contributed by atoms with Crippen LogP contribution >= 0.6 is 0 Å². The number of hydrogen-bond donors (Lipinski definition) is 1. The van der Waals surface area contributed by atoms with Gasteiger partial charge in [0.05, 0.1) is 13.2 Å². The number of fused-ring (bicyclic) bond motifs is 3. The van der Waals surface area contributed by atoms with E-state index in [0.29, 0.717) is 11.7 Å². The molecule has 2 aliphatic heterocycles. The lowest BCUT2D eigenvalue weighted by molar-refractivity contribution is -0.115. The second-order valence-corrected chi connectivity index (χ2v) is 5.71. The molecule has 1 aromatic rings. The summed E-state index contributed by atoms with van der Waals surface area (Å²) in [5.41, 5.74) is 1.00. The topological polar surface area (TPSA) is 41.9 Å².